The Kier molecular flexibility index (Phi) is 6.72. The molecule has 1 saturated heterocycles. The van der Waals surface area contributed by atoms with Gasteiger partial charge in [-0.25, -0.2) is 0 Å². The zero-order valence-corrected chi connectivity index (χ0v) is 16.7. The van der Waals surface area contributed by atoms with Gasteiger partial charge in [0.25, 0.3) is 0 Å². The molecule has 7 heteroatoms. The molecule has 1 aliphatic heterocycles. The Hall–Kier alpha value is -3.06. The average Bonchev–Trinajstić information content (AvgIpc) is 2.78. The molecule has 0 saturated carbocycles. The maximum absolute atomic E-state index is 12.4. The Bertz CT molecular complexity index is 827. The molecule has 2 amide bonds. The van der Waals surface area contributed by atoms with Crippen LogP contribution in [0.4, 0.5) is 5.69 Å². The van der Waals surface area contributed by atoms with Gasteiger partial charge < -0.3 is 24.8 Å². The van der Waals surface area contributed by atoms with Crippen molar-refractivity contribution in [3.05, 3.63) is 54.1 Å². The van der Waals surface area contributed by atoms with Gasteiger partial charge in [0.2, 0.25) is 0 Å². The summed E-state index contributed by atoms with van der Waals surface area (Å²) in [5, 5.41) is 5.40. The van der Waals surface area contributed by atoms with Crippen molar-refractivity contribution >= 4 is 17.5 Å². The van der Waals surface area contributed by atoms with Crippen molar-refractivity contribution in [1.29, 1.82) is 0 Å². The summed E-state index contributed by atoms with van der Waals surface area (Å²) in [6.07, 6.45) is 1.53. The van der Waals surface area contributed by atoms with Crippen LogP contribution in [0.3, 0.4) is 0 Å². The van der Waals surface area contributed by atoms with Crippen LogP contribution in [0.5, 0.6) is 11.5 Å². The molecule has 7 nitrogen and oxygen atoms in total. The Morgan fingerprint density at radius 3 is 2.00 bits per heavy atom. The monoisotopic (exact) mass is 398 g/mol. The van der Waals surface area contributed by atoms with Crippen LogP contribution in [-0.4, -0.2) is 45.8 Å². The van der Waals surface area contributed by atoms with E-state index in [4.69, 9.17) is 14.2 Å². The van der Waals surface area contributed by atoms with Crippen LogP contribution in [-0.2, 0) is 19.7 Å². The molecule has 1 aliphatic rings. The van der Waals surface area contributed by atoms with Crippen molar-refractivity contribution in [1.82, 2.24) is 5.32 Å². The first-order chi connectivity index (χ1) is 14.1. The van der Waals surface area contributed by atoms with Crippen LogP contribution >= 0.6 is 0 Å². The minimum Gasteiger partial charge on any atom is -0.497 e. The molecular formula is C22H26N2O5. The van der Waals surface area contributed by atoms with Gasteiger partial charge >= 0.3 is 11.8 Å². The lowest BCUT2D eigenvalue weighted by molar-refractivity contribution is -0.136. The maximum Gasteiger partial charge on any atom is 0.313 e. The zero-order chi connectivity index (χ0) is 20.7. The number of methoxy groups -OCH3 is 2. The van der Waals surface area contributed by atoms with Crippen molar-refractivity contribution < 1.29 is 23.8 Å². The Morgan fingerprint density at radius 2 is 1.45 bits per heavy atom. The predicted molar refractivity (Wildman–Crippen MR) is 109 cm³/mol. The quantitative estimate of drug-likeness (QED) is 0.731. The Balaban J connectivity index is 1.64. The minimum atomic E-state index is -0.702. The highest BCUT2D eigenvalue weighted by Crippen LogP contribution is 2.35. The van der Waals surface area contributed by atoms with E-state index in [1.54, 1.807) is 38.5 Å². The Morgan fingerprint density at radius 1 is 0.897 bits per heavy atom. The molecule has 0 aliphatic carbocycles. The smallest absolute Gasteiger partial charge is 0.313 e. The molecule has 2 aromatic carbocycles. The van der Waals surface area contributed by atoms with E-state index in [0.717, 1.165) is 24.2 Å². The second-order valence-electron chi connectivity index (χ2n) is 6.99. The molecule has 0 radical (unpaired) electrons. The summed E-state index contributed by atoms with van der Waals surface area (Å²) < 4.78 is 15.8. The van der Waals surface area contributed by atoms with E-state index in [2.05, 4.69) is 10.6 Å². The first-order valence-electron chi connectivity index (χ1n) is 9.52. The fraction of sp³-hybridized carbons (Fsp3) is 0.364. The molecular weight excluding hydrogens is 372 g/mol. The van der Waals surface area contributed by atoms with Gasteiger partial charge in [-0.3, -0.25) is 9.59 Å². The van der Waals surface area contributed by atoms with Crippen LogP contribution in [0.1, 0.15) is 18.4 Å². The van der Waals surface area contributed by atoms with Crippen molar-refractivity contribution in [3.8, 4) is 11.5 Å². The van der Waals surface area contributed by atoms with Gasteiger partial charge in [0.1, 0.15) is 11.5 Å². The summed E-state index contributed by atoms with van der Waals surface area (Å²) in [5.41, 5.74) is 1.35. The summed E-state index contributed by atoms with van der Waals surface area (Å²) in [5.74, 6) is 0.0829. The number of rotatable bonds is 6. The number of carbonyl (C=O) groups excluding carboxylic acids is 2. The fourth-order valence-electron chi connectivity index (χ4n) is 3.47. The standard InChI is InChI=1S/C22H26N2O5/c1-27-18-7-3-16(4-8-18)22(11-13-29-14-12-22)15-23-20(25)21(26)24-17-5-9-19(28-2)10-6-17/h3-10H,11-15H2,1-2H3,(H,23,25)(H,24,26). The third-order valence-electron chi connectivity index (χ3n) is 5.29. The van der Waals surface area contributed by atoms with E-state index in [1.807, 2.05) is 24.3 Å². The van der Waals surface area contributed by atoms with Gasteiger partial charge in [0, 0.05) is 30.9 Å². The molecule has 3 rings (SSSR count). The number of hydrogen-bond acceptors (Lipinski definition) is 5. The van der Waals surface area contributed by atoms with Crippen molar-refractivity contribution in [3.63, 3.8) is 0 Å². The second-order valence-corrected chi connectivity index (χ2v) is 6.99. The Labute approximate surface area is 170 Å². The normalized spacial score (nSPS) is 15.2. The van der Waals surface area contributed by atoms with E-state index in [9.17, 15) is 9.59 Å². The second kappa shape index (κ2) is 9.43. The van der Waals surface area contributed by atoms with Crippen LogP contribution < -0.4 is 20.1 Å². The first kappa shape index (κ1) is 20.7. The number of benzene rings is 2. The van der Waals surface area contributed by atoms with Crippen LogP contribution in [0.15, 0.2) is 48.5 Å². The van der Waals surface area contributed by atoms with Crippen molar-refractivity contribution in [2.24, 2.45) is 0 Å². The molecule has 0 bridgehead atoms. The molecule has 154 valence electrons. The van der Waals surface area contributed by atoms with Gasteiger partial charge in [-0.1, -0.05) is 12.1 Å². The van der Waals surface area contributed by atoms with E-state index >= 15 is 0 Å². The fourth-order valence-corrected chi connectivity index (χ4v) is 3.47. The first-order valence-corrected chi connectivity index (χ1v) is 9.52. The SMILES string of the molecule is COc1ccc(NC(=O)C(=O)NCC2(c3ccc(OC)cc3)CCOCC2)cc1. The minimum absolute atomic E-state index is 0.277. The molecule has 1 fully saturated rings. The lowest BCUT2D eigenvalue weighted by Crippen LogP contribution is -2.47. The lowest BCUT2D eigenvalue weighted by atomic mass is 9.74. The maximum atomic E-state index is 12.4. The summed E-state index contributed by atoms with van der Waals surface area (Å²) in [6, 6.07) is 14.6. The highest BCUT2D eigenvalue weighted by Gasteiger charge is 2.35. The molecule has 2 aromatic rings. The number of carbonyl (C=O) groups is 2. The van der Waals surface area contributed by atoms with Crippen LogP contribution in [0, 0.1) is 0 Å². The third kappa shape index (κ3) is 5.06. The molecule has 0 aromatic heterocycles. The third-order valence-corrected chi connectivity index (χ3v) is 5.29. The number of anilines is 1. The van der Waals surface area contributed by atoms with E-state index in [0.29, 0.717) is 31.2 Å². The summed E-state index contributed by atoms with van der Waals surface area (Å²) in [7, 11) is 3.19. The number of ether oxygens (including phenoxy) is 3. The molecule has 0 spiro atoms. The molecule has 1 heterocycles. The average molecular weight is 398 g/mol. The number of nitrogens with one attached hydrogen (secondary N) is 2. The van der Waals surface area contributed by atoms with Gasteiger partial charge in [-0.15, -0.1) is 0 Å². The van der Waals surface area contributed by atoms with Gasteiger partial charge in [0.05, 0.1) is 14.2 Å². The lowest BCUT2D eigenvalue weighted by Gasteiger charge is -2.38. The zero-order valence-electron chi connectivity index (χ0n) is 16.7. The van der Waals surface area contributed by atoms with Crippen LogP contribution in [0.2, 0.25) is 0 Å². The largest absolute Gasteiger partial charge is 0.497 e. The predicted octanol–water partition coefficient (Wildman–Crippen LogP) is 2.51. The summed E-state index contributed by atoms with van der Waals surface area (Å²) in [6.45, 7) is 1.58. The number of amides is 2. The summed E-state index contributed by atoms with van der Waals surface area (Å²) >= 11 is 0. The number of hydrogen-bond donors (Lipinski definition) is 2. The van der Waals surface area contributed by atoms with E-state index < -0.39 is 11.8 Å². The highest BCUT2D eigenvalue weighted by atomic mass is 16.5. The van der Waals surface area contributed by atoms with Crippen LogP contribution in [0.25, 0.3) is 0 Å². The van der Waals surface area contributed by atoms with E-state index in [-0.39, 0.29) is 5.41 Å². The van der Waals surface area contributed by atoms with Gasteiger partial charge in [0.15, 0.2) is 0 Å². The van der Waals surface area contributed by atoms with Crippen molar-refractivity contribution in [2.45, 2.75) is 18.3 Å². The van der Waals surface area contributed by atoms with Gasteiger partial charge in [-0.2, -0.15) is 0 Å². The molecule has 0 atom stereocenters. The molecule has 0 unspecified atom stereocenters. The van der Waals surface area contributed by atoms with Gasteiger partial charge in [-0.05, 0) is 54.8 Å². The highest BCUT2D eigenvalue weighted by molar-refractivity contribution is 6.39. The summed E-state index contributed by atoms with van der Waals surface area (Å²) in [4.78, 5) is 24.7. The molecule has 29 heavy (non-hydrogen) atoms. The van der Waals surface area contributed by atoms with E-state index in [1.165, 1.54) is 0 Å². The molecule has 2 N–H and O–H groups in total. The topological polar surface area (TPSA) is 85.9 Å². The van der Waals surface area contributed by atoms with Crippen molar-refractivity contribution in [2.75, 3.05) is 39.3 Å².